The lowest BCUT2D eigenvalue weighted by Gasteiger charge is -2.33. The van der Waals surface area contributed by atoms with E-state index in [1.165, 1.54) is 25.1 Å². The van der Waals surface area contributed by atoms with E-state index in [0.29, 0.717) is 5.92 Å². The van der Waals surface area contributed by atoms with Crippen molar-refractivity contribution in [3.63, 3.8) is 0 Å². The summed E-state index contributed by atoms with van der Waals surface area (Å²) in [7, 11) is 2.12. The summed E-state index contributed by atoms with van der Waals surface area (Å²) in [6.45, 7) is 9.00. The lowest BCUT2D eigenvalue weighted by Crippen LogP contribution is -2.30. The Morgan fingerprint density at radius 1 is 1.73 bits per heavy atom. The van der Waals surface area contributed by atoms with Gasteiger partial charge >= 0.3 is 0 Å². The molecule has 0 saturated carbocycles. The van der Waals surface area contributed by atoms with Crippen LogP contribution in [0.4, 0.5) is 0 Å². The first-order chi connectivity index (χ1) is 5.25. The molecule has 1 nitrogen and oxygen atoms in total. The SMILES string of the molecule is BN1CCCC(CC=C)C1=C. The second-order valence-electron chi connectivity index (χ2n) is 3.28. The smallest absolute Gasteiger partial charge is 0.217 e. The van der Waals surface area contributed by atoms with Crippen LogP contribution in [0.25, 0.3) is 0 Å². The first-order valence-corrected chi connectivity index (χ1v) is 4.26. The molecule has 0 aromatic heterocycles. The topological polar surface area (TPSA) is 3.24 Å². The van der Waals surface area contributed by atoms with E-state index >= 15 is 0 Å². The van der Waals surface area contributed by atoms with E-state index in [4.69, 9.17) is 0 Å². The maximum atomic E-state index is 4.07. The fourth-order valence-electron chi connectivity index (χ4n) is 1.65. The van der Waals surface area contributed by atoms with Crippen LogP contribution in [0, 0.1) is 5.92 Å². The molecule has 11 heavy (non-hydrogen) atoms. The van der Waals surface area contributed by atoms with Crippen LogP contribution in [0.5, 0.6) is 0 Å². The molecule has 0 aliphatic carbocycles. The van der Waals surface area contributed by atoms with Gasteiger partial charge in [0.05, 0.1) is 0 Å². The quantitative estimate of drug-likeness (QED) is 0.423. The van der Waals surface area contributed by atoms with Gasteiger partial charge in [-0.25, -0.2) is 0 Å². The number of piperidine rings is 1. The molecule has 0 amide bonds. The zero-order chi connectivity index (χ0) is 8.27. The average molecular weight is 149 g/mol. The highest BCUT2D eigenvalue weighted by Gasteiger charge is 2.18. The van der Waals surface area contributed by atoms with Crippen LogP contribution in [0.1, 0.15) is 19.3 Å². The third-order valence-corrected chi connectivity index (χ3v) is 2.46. The molecular weight excluding hydrogens is 133 g/mol. The monoisotopic (exact) mass is 149 g/mol. The van der Waals surface area contributed by atoms with Crippen molar-refractivity contribution < 1.29 is 0 Å². The van der Waals surface area contributed by atoms with Crippen LogP contribution in [0.2, 0.25) is 0 Å². The molecule has 0 spiro atoms. The predicted octanol–water partition coefficient (Wildman–Crippen LogP) is 1.34. The van der Waals surface area contributed by atoms with Crippen molar-refractivity contribution in [1.82, 2.24) is 4.81 Å². The average Bonchev–Trinajstić information content (AvgIpc) is 1.99. The van der Waals surface area contributed by atoms with Crippen molar-refractivity contribution in [2.75, 3.05) is 6.54 Å². The molecule has 1 heterocycles. The maximum Gasteiger partial charge on any atom is 0.217 e. The van der Waals surface area contributed by atoms with Gasteiger partial charge in [0.2, 0.25) is 7.98 Å². The van der Waals surface area contributed by atoms with E-state index in [2.05, 4.69) is 25.9 Å². The van der Waals surface area contributed by atoms with Crippen LogP contribution in [-0.2, 0) is 0 Å². The molecule has 0 aromatic carbocycles. The molecule has 1 rings (SSSR count). The second-order valence-corrected chi connectivity index (χ2v) is 3.28. The van der Waals surface area contributed by atoms with E-state index < -0.39 is 0 Å². The molecule has 2 heteroatoms. The fourth-order valence-corrected chi connectivity index (χ4v) is 1.65. The summed E-state index contributed by atoms with van der Waals surface area (Å²) in [5, 5.41) is 0. The molecule has 1 atom stereocenters. The van der Waals surface area contributed by atoms with Crippen molar-refractivity contribution in [3.05, 3.63) is 24.9 Å². The van der Waals surface area contributed by atoms with Gasteiger partial charge in [-0.05, 0) is 25.0 Å². The lowest BCUT2D eigenvalue weighted by molar-refractivity contribution is 0.352. The molecule has 0 bridgehead atoms. The Hall–Kier alpha value is -0.655. The summed E-state index contributed by atoms with van der Waals surface area (Å²) >= 11 is 0. The third-order valence-electron chi connectivity index (χ3n) is 2.46. The predicted molar refractivity (Wildman–Crippen MR) is 51.9 cm³/mol. The summed E-state index contributed by atoms with van der Waals surface area (Å²) in [5.41, 5.74) is 1.29. The minimum absolute atomic E-state index is 0.659. The number of hydrogen-bond donors (Lipinski definition) is 0. The minimum Gasteiger partial charge on any atom is -0.425 e. The van der Waals surface area contributed by atoms with Crippen LogP contribution >= 0.6 is 0 Å². The zero-order valence-electron chi connectivity index (χ0n) is 7.34. The zero-order valence-corrected chi connectivity index (χ0v) is 7.34. The van der Waals surface area contributed by atoms with Gasteiger partial charge in [0.1, 0.15) is 0 Å². The molecule has 0 aromatic rings. The minimum atomic E-state index is 0.659. The van der Waals surface area contributed by atoms with Gasteiger partial charge in [-0.1, -0.05) is 12.7 Å². The number of allylic oxidation sites excluding steroid dienone is 2. The first kappa shape index (κ1) is 8.44. The fraction of sp³-hybridized carbons (Fsp3) is 0.556. The molecule has 60 valence electrons. The number of hydrogen-bond acceptors (Lipinski definition) is 1. The Bertz CT molecular complexity index is 165. The molecule has 0 radical (unpaired) electrons. The highest BCUT2D eigenvalue weighted by atomic mass is 15.0. The first-order valence-electron chi connectivity index (χ1n) is 4.26. The third kappa shape index (κ3) is 1.89. The summed E-state index contributed by atoms with van der Waals surface area (Å²) in [6.07, 6.45) is 5.67. The second kappa shape index (κ2) is 3.65. The molecule has 1 aliphatic rings. The van der Waals surface area contributed by atoms with Crippen molar-refractivity contribution >= 4 is 7.98 Å². The van der Waals surface area contributed by atoms with Gasteiger partial charge in [0.25, 0.3) is 0 Å². The maximum absolute atomic E-state index is 4.07. The highest BCUT2D eigenvalue weighted by molar-refractivity contribution is 6.05. The van der Waals surface area contributed by atoms with Gasteiger partial charge < -0.3 is 4.81 Å². The Morgan fingerprint density at radius 2 is 2.45 bits per heavy atom. The number of rotatable bonds is 2. The largest absolute Gasteiger partial charge is 0.425 e. The molecule has 1 saturated heterocycles. The van der Waals surface area contributed by atoms with E-state index in [9.17, 15) is 0 Å². The van der Waals surface area contributed by atoms with Crippen LogP contribution < -0.4 is 0 Å². The highest BCUT2D eigenvalue weighted by Crippen LogP contribution is 2.26. The van der Waals surface area contributed by atoms with Crippen molar-refractivity contribution in [2.45, 2.75) is 19.3 Å². The van der Waals surface area contributed by atoms with E-state index in [1.807, 2.05) is 6.08 Å². The van der Waals surface area contributed by atoms with Gasteiger partial charge in [-0.3, -0.25) is 0 Å². The summed E-state index contributed by atoms with van der Waals surface area (Å²) in [6, 6.07) is 0. The normalized spacial score (nSPS) is 25.3. The van der Waals surface area contributed by atoms with Crippen molar-refractivity contribution in [2.24, 2.45) is 5.92 Å². The Morgan fingerprint density at radius 3 is 3.09 bits per heavy atom. The molecular formula is C9H16BN. The molecule has 0 N–H and O–H groups in total. The van der Waals surface area contributed by atoms with Crippen LogP contribution in [0.15, 0.2) is 24.9 Å². The van der Waals surface area contributed by atoms with Crippen molar-refractivity contribution in [1.29, 1.82) is 0 Å². The summed E-state index contributed by atoms with van der Waals surface area (Å²) in [5.74, 6) is 0.659. The van der Waals surface area contributed by atoms with Crippen LogP contribution in [-0.4, -0.2) is 19.3 Å². The lowest BCUT2D eigenvalue weighted by atomic mass is 9.90. The van der Waals surface area contributed by atoms with E-state index in [1.54, 1.807) is 0 Å². The standard InChI is InChI=1S/C9H16BN/c1-3-5-9-6-4-7-11(10)8(9)2/h3,9H,1-2,4-7,10H2. The Kier molecular flexibility index (Phi) is 2.80. The Labute approximate surface area is 70.2 Å². The molecule has 1 unspecified atom stereocenters. The molecule has 1 aliphatic heterocycles. The van der Waals surface area contributed by atoms with E-state index in [0.717, 1.165) is 6.42 Å². The van der Waals surface area contributed by atoms with Gasteiger partial charge in [-0.15, -0.1) is 6.58 Å². The van der Waals surface area contributed by atoms with Crippen molar-refractivity contribution in [3.8, 4) is 0 Å². The van der Waals surface area contributed by atoms with Gasteiger partial charge in [-0.2, -0.15) is 0 Å². The van der Waals surface area contributed by atoms with Crippen LogP contribution in [0.3, 0.4) is 0 Å². The van der Waals surface area contributed by atoms with E-state index in [-0.39, 0.29) is 0 Å². The number of nitrogens with zero attached hydrogens (tertiary/aromatic N) is 1. The molecule has 1 fully saturated rings. The van der Waals surface area contributed by atoms with Gasteiger partial charge in [0.15, 0.2) is 0 Å². The summed E-state index contributed by atoms with van der Waals surface area (Å²) in [4.78, 5) is 2.26. The summed E-state index contributed by atoms with van der Waals surface area (Å²) < 4.78 is 0. The van der Waals surface area contributed by atoms with Gasteiger partial charge in [0, 0.05) is 12.5 Å². The Balaban J connectivity index is 2.51.